The summed E-state index contributed by atoms with van der Waals surface area (Å²) in [6.45, 7) is 2.25. The van der Waals surface area contributed by atoms with Crippen LogP contribution in [0.3, 0.4) is 0 Å². The number of hydrogen-bond donors (Lipinski definition) is 1. The highest BCUT2D eigenvalue weighted by Gasteiger charge is 2.09. The third-order valence-electron chi connectivity index (χ3n) is 3.34. The topological polar surface area (TPSA) is 53.7 Å². The number of aliphatic hydroxyl groups is 1. The van der Waals surface area contributed by atoms with Gasteiger partial charge in [0.15, 0.2) is 0 Å². The van der Waals surface area contributed by atoms with Gasteiger partial charge >= 0.3 is 0 Å². The van der Waals surface area contributed by atoms with Crippen molar-refractivity contribution in [3.8, 4) is 0 Å². The molecule has 108 valence electrons. The van der Waals surface area contributed by atoms with Gasteiger partial charge in [0.05, 0.1) is 12.3 Å². The van der Waals surface area contributed by atoms with Gasteiger partial charge in [-0.1, -0.05) is 30.3 Å². The summed E-state index contributed by atoms with van der Waals surface area (Å²) in [6.07, 6.45) is 5.66. The highest BCUT2D eigenvalue weighted by Crippen LogP contribution is 2.09. The van der Waals surface area contributed by atoms with E-state index in [0.29, 0.717) is 18.9 Å². The van der Waals surface area contributed by atoms with E-state index in [1.54, 1.807) is 6.20 Å². The van der Waals surface area contributed by atoms with E-state index >= 15 is 0 Å². The number of fused-ring (bicyclic) bond motifs is 1. The van der Waals surface area contributed by atoms with Gasteiger partial charge in [-0.05, 0) is 11.6 Å². The summed E-state index contributed by atoms with van der Waals surface area (Å²) >= 11 is 0. The van der Waals surface area contributed by atoms with Crippen LogP contribution in [0.1, 0.15) is 11.3 Å². The molecule has 0 saturated carbocycles. The van der Waals surface area contributed by atoms with Gasteiger partial charge in [-0.2, -0.15) is 0 Å². The van der Waals surface area contributed by atoms with Crippen LogP contribution in [-0.2, 0) is 13.1 Å². The summed E-state index contributed by atoms with van der Waals surface area (Å²) in [4.78, 5) is 10.9. The number of aromatic nitrogens is 3. The molecule has 0 aliphatic rings. The fraction of sp³-hybridized carbons (Fsp3) is 0.250. The maximum absolute atomic E-state index is 9.25. The second-order valence-corrected chi connectivity index (χ2v) is 4.98. The lowest BCUT2D eigenvalue weighted by Gasteiger charge is -2.20. The molecule has 0 amide bonds. The molecule has 0 aliphatic heterocycles. The fourth-order valence-electron chi connectivity index (χ4n) is 2.38. The maximum atomic E-state index is 9.25. The number of aliphatic hydroxyl groups excluding tert-OH is 1. The summed E-state index contributed by atoms with van der Waals surface area (Å²) in [7, 11) is 0. The average molecular weight is 282 g/mol. The first kappa shape index (κ1) is 13.7. The van der Waals surface area contributed by atoms with Crippen LogP contribution in [0.4, 0.5) is 0 Å². The molecule has 5 heteroatoms. The molecule has 0 unspecified atom stereocenters. The number of hydrogen-bond acceptors (Lipinski definition) is 4. The molecule has 0 fully saturated rings. The van der Waals surface area contributed by atoms with Gasteiger partial charge in [0.2, 0.25) is 5.78 Å². The van der Waals surface area contributed by atoms with Gasteiger partial charge in [-0.15, -0.1) is 0 Å². The van der Waals surface area contributed by atoms with Crippen LogP contribution in [0.25, 0.3) is 5.78 Å². The van der Waals surface area contributed by atoms with Crippen molar-refractivity contribution < 1.29 is 5.11 Å². The van der Waals surface area contributed by atoms with Crippen LogP contribution in [0.2, 0.25) is 0 Å². The van der Waals surface area contributed by atoms with Gasteiger partial charge in [-0.25, -0.2) is 9.97 Å². The molecular formula is C16H18N4O. The van der Waals surface area contributed by atoms with E-state index in [0.717, 1.165) is 12.2 Å². The second kappa shape index (κ2) is 6.47. The molecule has 0 spiro atoms. The number of nitrogens with zero attached hydrogens (tertiary/aromatic N) is 4. The van der Waals surface area contributed by atoms with E-state index in [9.17, 15) is 5.11 Å². The molecule has 3 aromatic rings. The van der Waals surface area contributed by atoms with Crippen LogP contribution in [0.5, 0.6) is 0 Å². The largest absolute Gasteiger partial charge is 0.395 e. The Kier molecular flexibility index (Phi) is 4.23. The molecule has 2 aromatic heterocycles. The predicted molar refractivity (Wildman–Crippen MR) is 80.6 cm³/mol. The third kappa shape index (κ3) is 3.45. The summed E-state index contributed by atoms with van der Waals surface area (Å²) in [5.41, 5.74) is 2.19. The molecule has 0 atom stereocenters. The average Bonchev–Trinajstić information content (AvgIpc) is 2.90. The van der Waals surface area contributed by atoms with E-state index in [1.807, 2.05) is 41.1 Å². The van der Waals surface area contributed by atoms with E-state index in [-0.39, 0.29) is 6.61 Å². The molecule has 3 rings (SSSR count). The van der Waals surface area contributed by atoms with Crippen LogP contribution in [-0.4, -0.2) is 37.5 Å². The molecule has 21 heavy (non-hydrogen) atoms. The van der Waals surface area contributed by atoms with Gasteiger partial charge in [-0.3, -0.25) is 9.30 Å². The van der Waals surface area contributed by atoms with Gasteiger partial charge in [0.25, 0.3) is 0 Å². The van der Waals surface area contributed by atoms with Gasteiger partial charge in [0.1, 0.15) is 0 Å². The summed E-state index contributed by atoms with van der Waals surface area (Å²) < 4.78 is 1.91. The van der Waals surface area contributed by atoms with Crippen molar-refractivity contribution in [2.24, 2.45) is 0 Å². The van der Waals surface area contributed by atoms with Crippen molar-refractivity contribution in [2.45, 2.75) is 13.1 Å². The normalized spacial score (nSPS) is 11.3. The van der Waals surface area contributed by atoms with Crippen molar-refractivity contribution in [2.75, 3.05) is 13.2 Å². The van der Waals surface area contributed by atoms with Crippen molar-refractivity contribution in [3.05, 3.63) is 66.2 Å². The van der Waals surface area contributed by atoms with Crippen molar-refractivity contribution in [1.29, 1.82) is 0 Å². The minimum atomic E-state index is 0.137. The minimum absolute atomic E-state index is 0.137. The Bertz CT molecular complexity index is 663. The van der Waals surface area contributed by atoms with Crippen molar-refractivity contribution in [3.63, 3.8) is 0 Å². The standard InChI is InChI=1S/C16H18N4O/c21-10-9-19(11-14-5-2-1-3-6-14)12-15-13-20-8-4-7-17-16(20)18-15/h1-8,13,21H,9-12H2. The molecule has 0 bridgehead atoms. The van der Waals surface area contributed by atoms with Gasteiger partial charge in [0, 0.05) is 38.2 Å². The first-order chi connectivity index (χ1) is 10.3. The second-order valence-electron chi connectivity index (χ2n) is 4.98. The quantitative estimate of drug-likeness (QED) is 0.748. The summed E-state index contributed by atoms with van der Waals surface area (Å²) in [5, 5.41) is 9.25. The number of imidazole rings is 1. The Hall–Kier alpha value is -2.24. The van der Waals surface area contributed by atoms with Gasteiger partial charge < -0.3 is 5.11 Å². The first-order valence-corrected chi connectivity index (χ1v) is 7.01. The number of benzene rings is 1. The first-order valence-electron chi connectivity index (χ1n) is 7.01. The molecule has 0 aliphatic carbocycles. The Balaban J connectivity index is 1.75. The van der Waals surface area contributed by atoms with Crippen LogP contribution >= 0.6 is 0 Å². The fourth-order valence-corrected chi connectivity index (χ4v) is 2.38. The Morgan fingerprint density at radius 2 is 1.95 bits per heavy atom. The van der Waals surface area contributed by atoms with E-state index in [1.165, 1.54) is 5.56 Å². The molecule has 1 N–H and O–H groups in total. The van der Waals surface area contributed by atoms with Crippen molar-refractivity contribution >= 4 is 5.78 Å². The van der Waals surface area contributed by atoms with Crippen molar-refractivity contribution in [1.82, 2.24) is 19.3 Å². The lowest BCUT2D eigenvalue weighted by molar-refractivity contribution is 0.183. The highest BCUT2D eigenvalue weighted by molar-refractivity contribution is 5.29. The molecule has 0 saturated heterocycles. The molecule has 5 nitrogen and oxygen atoms in total. The molecule has 0 radical (unpaired) electrons. The van der Waals surface area contributed by atoms with Crippen LogP contribution in [0.15, 0.2) is 55.0 Å². The monoisotopic (exact) mass is 282 g/mol. The maximum Gasteiger partial charge on any atom is 0.233 e. The van der Waals surface area contributed by atoms with E-state index in [2.05, 4.69) is 27.0 Å². The SMILES string of the molecule is OCCN(Cc1ccccc1)Cc1cn2cccnc2n1. The molecule has 2 heterocycles. The molecular weight excluding hydrogens is 264 g/mol. The van der Waals surface area contributed by atoms with E-state index < -0.39 is 0 Å². The minimum Gasteiger partial charge on any atom is -0.395 e. The Morgan fingerprint density at radius 3 is 2.71 bits per heavy atom. The Morgan fingerprint density at radius 1 is 1.10 bits per heavy atom. The lowest BCUT2D eigenvalue weighted by atomic mass is 10.2. The summed E-state index contributed by atoms with van der Waals surface area (Å²) in [6, 6.07) is 12.1. The lowest BCUT2D eigenvalue weighted by Crippen LogP contribution is -2.26. The highest BCUT2D eigenvalue weighted by atomic mass is 16.3. The Labute approximate surface area is 123 Å². The smallest absolute Gasteiger partial charge is 0.233 e. The predicted octanol–water partition coefficient (Wildman–Crippen LogP) is 1.72. The molecule has 1 aromatic carbocycles. The zero-order valence-corrected chi connectivity index (χ0v) is 11.8. The van der Waals surface area contributed by atoms with Crippen LogP contribution in [0, 0.1) is 0 Å². The number of rotatable bonds is 6. The van der Waals surface area contributed by atoms with E-state index in [4.69, 9.17) is 0 Å². The third-order valence-corrected chi connectivity index (χ3v) is 3.34. The zero-order valence-electron chi connectivity index (χ0n) is 11.8. The summed E-state index contributed by atoms with van der Waals surface area (Å²) in [5.74, 6) is 0.705. The zero-order chi connectivity index (χ0) is 14.5. The van der Waals surface area contributed by atoms with Crippen LogP contribution < -0.4 is 0 Å².